The highest BCUT2D eigenvalue weighted by Crippen LogP contribution is 2.45. The monoisotopic (exact) mass is 467 g/mol. The van der Waals surface area contributed by atoms with Crippen LogP contribution in [0.25, 0.3) is 11.0 Å². The van der Waals surface area contributed by atoms with Crippen LogP contribution in [0.4, 0.5) is 4.39 Å². The summed E-state index contributed by atoms with van der Waals surface area (Å²) in [4.78, 5) is 10.6. The molecule has 0 saturated carbocycles. The van der Waals surface area contributed by atoms with Gasteiger partial charge in [-0.3, -0.25) is 0 Å². The van der Waals surface area contributed by atoms with Crippen molar-refractivity contribution in [3.63, 3.8) is 0 Å². The second-order valence-corrected chi connectivity index (χ2v) is 10.5. The van der Waals surface area contributed by atoms with Gasteiger partial charge in [0.25, 0.3) is 0 Å². The molecule has 0 fully saturated rings. The summed E-state index contributed by atoms with van der Waals surface area (Å²) in [5.41, 5.74) is 3.26. The van der Waals surface area contributed by atoms with Crippen LogP contribution in [-0.4, -0.2) is 51.3 Å². The first-order valence-electron chi connectivity index (χ1n) is 12.5. The van der Waals surface area contributed by atoms with Gasteiger partial charge in [-0.2, -0.15) is 0 Å². The number of aryl methyl sites for hydroxylation is 2. The predicted molar refractivity (Wildman–Crippen MR) is 135 cm³/mol. The molecule has 0 aliphatic carbocycles. The highest BCUT2D eigenvalue weighted by molar-refractivity contribution is 5.75. The Kier molecular flexibility index (Phi) is 7.29. The van der Waals surface area contributed by atoms with E-state index in [0.717, 1.165) is 48.4 Å². The molecule has 1 aliphatic heterocycles. The van der Waals surface area contributed by atoms with Crippen LogP contribution in [0.15, 0.2) is 36.4 Å². The fraction of sp³-hybridized carbons (Fsp3) is 0.536. The molecule has 2 N–H and O–H groups in total. The van der Waals surface area contributed by atoms with E-state index in [1.165, 1.54) is 17.7 Å². The summed E-state index contributed by atoms with van der Waals surface area (Å²) in [7, 11) is 0. The third-order valence-corrected chi connectivity index (χ3v) is 7.14. The number of aromatic amines is 1. The van der Waals surface area contributed by atoms with Gasteiger partial charge in [0.15, 0.2) is 0 Å². The van der Waals surface area contributed by atoms with Crippen LogP contribution in [0.5, 0.6) is 5.75 Å². The molecule has 34 heavy (non-hydrogen) atoms. The smallest absolute Gasteiger partial charge is 0.126 e. The number of ether oxygens (including phenoxy) is 1. The molecule has 2 atom stereocenters. The van der Waals surface area contributed by atoms with Crippen LogP contribution in [0.1, 0.15) is 63.4 Å². The van der Waals surface area contributed by atoms with E-state index in [1.807, 2.05) is 0 Å². The Hall–Kier alpha value is -2.44. The lowest BCUT2D eigenvalue weighted by Gasteiger charge is -2.44. The first-order valence-corrected chi connectivity index (χ1v) is 12.5. The minimum absolute atomic E-state index is 0.0927. The molecule has 2 heterocycles. The van der Waals surface area contributed by atoms with Crippen molar-refractivity contribution in [3.8, 4) is 5.75 Å². The zero-order valence-electron chi connectivity index (χ0n) is 21.1. The molecule has 0 radical (unpaired) electrons. The lowest BCUT2D eigenvalue weighted by atomic mass is 9.72. The van der Waals surface area contributed by atoms with Gasteiger partial charge in [0.2, 0.25) is 0 Å². The lowest BCUT2D eigenvalue weighted by molar-refractivity contribution is -0.0661. The van der Waals surface area contributed by atoms with E-state index in [1.54, 1.807) is 6.07 Å². The average molecular weight is 468 g/mol. The fourth-order valence-corrected chi connectivity index (χ4v) is 5.39. The number of aliphatic hydroxyl groups is 1. The van der Waals surface area contributed by atoms with Gasteiger partial charge in [-0.15, -0.1) is 0 Å². The van der Waals surface area contributed by atoms with E-state index >= 15 is 0 Å². The molecule has 5 nitrogen and oxygen atoms in total. The molecule has 2 aromatic carbocycles. The van der Waals surface area contributed by atoms with Crippen molar-refractivity contribution < 1.29 is 14.2 Å². The summed E-state index contributed by atoms with van der Waals surface area (Å²) in [6, 6.07) is 11.3. The number of benzene rings is 2. The first kappa shape index (κ1) is 24.7. The number of nitrogens with one attached hydrogen (secondary N) is 1. The summed E-state index contributed by atoms with van der Waals surface area (Å²) >= 11 is 0. The van der Waals surface area contributed by atoms with Crippen molar-refractivity contribution >= 4 is 11.0 Å². The van der Waals surface area contributed by atoms with Crippen LogP contribution in [0.3, 0.4) is 0 Å². The number of H-pyrrole nitrogens is 1. The molecule has 0 bridgehead atoms. The van der Waals surface area contributed by atoms with Crippen molar-refractivity contribution in [1.82, 2.24) is 14.9 Å². The third kappa shape index (κ3) is 5.28. The number of hydrogen-bond acceptors (Lipinski definition) is 4. The SMILES string of the molecule is Cc1ccc2nc(CCCN(CC[C@@]3(O)COc4cc(F)ccc4[C@@H]3C(C)C)C(C)C)[nH]c2c1. The Balaban J connectivity index is 1.39. The number of aromatic nitrogens is 2. The fourth-order valence-electron chi connectivity index (χ4n) is 5.39. The van der Waals surface area contributed by atoms with E-state index in [0.29, 0.717) is 18.2 Å². The number of halogens is 1. The first-order chi connectivity index (χ1) is 16.2. The lowest BCUT2D eigenvalue weighted by Crippen LogP contribution is -2.50. The highest BCUT2D eigenvalue weighted by Gasteiger charge is 2.45. The second kappa shape index (κ2) is 10.0. The standard InChI is InChI=1S/C28H38FN3O2/c1-18(2)27-22-10-9-21(29)16-25(22)34-17-28(27,33)12-14-32(19(3)4)13-6-7-26-30-23-11-8-20(5)15-24(23)31-26/h8-11,15-16,18-19,27,33H,6-7,12-14,17H2,1-5H3,(H,30,31)/t27-,28+/m0/s1. The second-order valence-electron chi connectivity index (χ2n) is 10.5. The molecule has 0 unspecified atom stereocenters. The Labute approximate surface area is 202 Å². The molecule has 0 spiro atoms. The van der Waals surface area contributed by atoms with Crippen molar-refractivity contribution in [3.05, 3.63) is 59.2 Å². The molecule has 0 amide bonds. The number of fused-ring (bicyclic) bond motifs is 2. The average Bonchev–Trinajstić information content (AvgIpc) is 3.17. The number of rotatable bonds is 9. The van der Waals surface area contributed by atoms with E-state index in [9.17, 15) is 9.50 Å². The molecule has 3 aromatic rings. The number of nitrogens with zero attached hydrogens (tertiary/aromatic N) is 2. The van der Waals surface area contributed by atoms with Crippen LogP contribution in [0, 0.1) is 18.7 Å². The van der Waals surface area contributed by atoms with Gasteiger partial charge in [0.1, 0.15) is 29.6 Å². The zero-order chi connectivity index (χ0) is 24.5. The van der Waals surface area contributed by atoms with Gasteiger partial charge in [0.05, 0.1) is 11.0 Å². The molecule has 4 rings (SSSR count). The molecule has 1 aromatic heterocycles. The van der Waals surface area contributed by atoms with Crippen LogP contribution in [-0.2, 0) is 6.42 Å². The maximum atomic E-state index is 13.7. The van der Waals surface area contributed by atoms with E-state index in [-0.39, 0.29) is 24.3 Å². The normalized spacial score (nSPS) is 20.4. The van der Waals surface area contributed by atoms with Crippen LogP contribution in [0.2, 0.25) is 0 Å². The zero-order valence-corrected chi connectivity index (χ0v) is 21.1. The summed E-state index contributed by atoms with van der Waals surface area (Å²) in [6.07, 6.45) is 2.48. The minimum atomic E-state index is -0.983. The van der Waals surface area contributed by atoms with Crippen molar-refractivity contribution in [2.45, 2.75) is 71.4 Å². The molecule has 0 saturated heterocycles. The Morgan fingerprint density at radius 2 is 1.97 bits per heavy atom. The molecule has 6 heteroatoms. The topological polar surface area (TPSA) is 61.4 Å². The Morgan fingerprint density at radius 3 is 2.71 bits per heavy atom. The van der Waals surface area contributed by atoms with Gasteiger partial charge in [-0.25, -0.2) is 9.37 Å². The highest BCUT2D eigenvalue weighted by atomic mass is 19.1. The van der Waals surface area contributed by atoms with Gasteiger partial charge in [-0.1, -0.05) is 26.0 Å². The van der Waals surface area contributed by atoms with Crippen LogP contribution >= 0.6 is 0 Å². The van der Waals surface area contributed by atoms with Gasteiger partial charge in [0, 0.05) is 36.6 Å². The maximum Gasteiger partial charge on any atom is 0.126 e. The predicted octanol–water partition coefficient (Wildman–Crippen LogP) is 5.61. The summed E-state index contributed by atoms with van der Waals surface area (Å²) in [5.74, 6) is 1.39. The van der Waals surface area contributed by atoms with Gasteiger partial charge < -0.3 is 19.7 Å². The largest absolute Gasteiger partial charge is 0.490 e. The summed E-state index contributed by atoms with van der Waals surface area (Å²) < 4.78 is 19.6. The summed E-state index contributed by atoms with van der Waals surface area (Å²) in [5, 5.41) is 11.7. The minimum Gasteiger partial charge on any atom is -0.490 e. The third-order valence-electron chi connectivity index (χ3n) is 7.14. The Bertz CT molecular complexity index is 1130. The molecule has 184 valence electrons. The van der Waals surface area contributed by atoms with Gasteiger partial charge in [-0.05, 0) is 69.8 Å². The Morgan fingerprint density at radius 1 is 1.18 bits per heavy atom. The van der Waals surface area contributed by atoms with Gasteiger partial charge >= 0.3 is 0 Å². The number of imidazole rings is 1. The maximum absolute atomic E-state index is 13.7. The molecular weight excluding hydrogens is 429 g/mol. The number of hydrogen-bond donors (Lipinski definition) is 2. The van der Waals surface area contributed by atoms with E-state index in [4.69, 9.17) is 9.72 Å². The van der Waals surface area contributed by atoms with E-state index in [2.05, 4.69) is 62.7 Å². The van der Waals surface area contributed by atoms with Crippen molar-refractivity contribution in [2.24, 2.45) is 5.92 Å². The quantitative estimate of drug-likeness (QED) is 0.430. The van der Waals surface area contributed by atoms with Crippen LogP contribution < -0.4 is 4.74 Å². The summed E-state index contributed by atoms with van der Waals surface area (Å²) in [6.45, 7) is 12.6. The van der Waals surface area contributed by atoms with E-state index < -0.39 is 5.60 Å². The molecule has 1 aliphatic rings. The van der Waals surface area contributed by atoms with Crippen molar-refractivity contribution in [2.75, 3.05) is 19.7 Å². The van der Waals surface area contributed by atoms with Crippen molar-refractivity contribution in [1.29, 1.82) is 0 Å². The molecular formula is C28H38FN3O2.